The van der Waals surface area contributed by atoms with Gasteiger partial charge in [0.25, 0.3) is 0 Å². The van der Waals surface area contributed by atoms with E-state index in [1.165, 1.54) is 18.7 Å². The van der Waals surface area contributed by atoms with Gasteiger partial charge in [0.05, 0.1) is 11.3 Å². The number of anilines is 1. The average molecular weight is 289 g/mol. The Labute approximate surface area is 122 Å². The summed E-state index contributed by atoms with van der Waals surface area (Å²) in [5.41, 5.74) is 1.14. The summed E-state index contributed by atoms with van der Waals surface area (Å²) in [6, 6.07) is 5.44. The highest BCUT2D eigenvalue weighted by Gasteiger charge is 2.31. The van der Waals surface area contributed by atoms with E-state index < -0.39 is 0 Å². The van der Waals surface area contributed by atoms with E-state index in [0.717, 1.165) is 0 Å². The van der Waals surface area contributed by atoms with Gasteiger partial charge in [0.15, 0.2) is 5.12 Å². The molecule has 1 aliphatic heterocycles. The number of thioether (sulfide) groups is 1. The first-order chi connectivity index (χ1) is 9.51. The third-order valence-electron chi connectivity index (χ3n) is 3.20. The fraction of sp³-hybridized carbons (Fsp3) is 0.429. The summed E-state index contributed by atoms with van der Waals surface area (Å²) in [5, 5.41) is 8.96. The molecule has 0 aliphatic carbocycles. The molecular formula is C14H15N3O2S. The Balaban J connectivity index is 2.10. The summed E-state index contributed by atoms with van der Waals surface area (Å²) in [7, 11) is 0. The van der Waals surface area contributed by atoms with Crippen LogP contribution in [0.3, 0.4) is 0 Å². The fourth-order valence-electron chi connectivity index (χ4n) is 2.17. The van der Waals surface area contributed by atoms with Gasteiger partial charge < -0.3 is 0 Å². The largest absolute Gasteiger partial charge is 0.296 e. The first-order valence-electron chi connectivity index (χ1n) is 6.32. The van der Waals surface area contributed by atoms with Crippen molar-refractivity contribution in [3.8, 4) is 6.07 Å². The lowest BCUT2D eigenvalue weighted by atomic mass is 10.1. The zero-order valence-electron chi connectivity index (χ0n) is 11.4. The van der Waals surface area contributed by atoms with E-state index in [-0.39, 0.29) is 16.9 Å². The predicted molar refractivity (Wildman–Crippen MR) is 77.3 cm³/mol. The van der Waals surface area contributed by atoms with E-state index in [9.17, 15) is 9.59 Å². The number of nitrogens with zero attached hydrogens (tertiary/aromatic N) is 3. The number of hydrogen-bond acceptors (Lipinski definition) is 5. The van der Waals surface area contributed by atoms with Crippen molar-refractivity contribution in [2.24, 2.45) is 5.92 Å². The maximum Gasteiger partial charge on any atom is 0.228 e. The Morgan fingerprint density at radius 3 is 2.95 bits per heavy atom. The Bertz CT molecular complexity index is 595. The molecule has 1 atom stereocenters. The smallest absolute Gasteiger partial charge is 0.228 e. The monoisotopic (exact) mass is 289 g/mol. The van der Waals surface area contributed by atoms with Gasteiger partial charge in [-0.15, -0.1) is 0 Å². The minimum atomic E-state index is 0.0239. The number of amides is 1. The van der Waals surface area contributed by atoms with E-state index in [1.54, 1.807) is 24.0 Å². The lowest BCUT2D eigenvalue weighted by molar-refractivity contribution is -0.117. The number of pyridine rings is 1. The summed E-state index contributed by atoms with van der Waals surface area (Å²) in [6.45, 7) is 3.87. The van der Waals surface area contributed by atoms with Crippen LogP contribution in [0, 0.1) is 24.2 Å². The molecule has 0 saturated carbocycles. The molecule has 1 amide bonds. The quantitative estimate of drug-likeness (QED) is 0.849. The van der Waals surface area contributed by atoms with Crippen molar-refractivity contribution in [2.45, 2.75) is 20.3 Å². The van der Waals surface area contributed by atoms with E-state index in [4.69, 9.17) is 5.26 Å². The Hall–Kier alpha value is -1.87. The van der Waals surface area contributed by atoms with Gasteiger partial charge in [0.1, 0.15) is 11.9 Å². The summed E-state index contributed by atoms with van der Waals surface area (Å²) in [6.07, 6.45) is 0.445. The summed E-state index contributed by atoms with van der Waals surface area (Å²) < 4.78 is 0. The molecule has 0 radical (unpaired) electrons. The van der Waals surface area contributed by atoms with E-state index >= 15 is 0 Å². The van der Waals surface area contributed by atoms with Crippen LogP contribution in [0.1, 0.15) is 24.6 Å². The number of rotatable bonds is 3. The number of nitriles is 1. The van der Waals surface area contributed by atoms with Crippen molar-refractivity contribution in [1.29, 1.82) is 5.26 Å². The van der Waals surface area contributed by atoms with Crippen LogP contribution in [0.15, 0.2) is 12.1 Å². The predicted octanol–water partition coefficient (Wildman–Crippen LogP) is 1.89. The van der Waals surface area contributed by atoms with E-state index in [2.05, 4.69) is 11.1 Å². The van der Waals surface area contributed by atoms with Gasteiger partial charge in [0, 0.05) is 25.6 Å². The van der Waals surface area contributed by atoms with Crippen LogP contribution in [-0.4, -0.2) is 28.3 Å². The summed E-state index contributed by atoms with van der Waals surface area (Å²) >= 11 is 1.26. The lowest BCUT2D eigenvalue weighted by Crippen LogP contribution is -2.26. The van der Waals surface area contributed by atoms with Crippen LogP contribution >= 0.6 is 11.8 Å². The molecule has 1 saturated heterocycles. The van der Waals surface area contributed by atoms with Crippen LogP contribution in [0.25, 0.3) is 0 Å². The minimum absolute atomic E-state index is 0.0239. The third-order valence-corrected chi connectivity index (χ3v) is 4.24. The van der Waals surface area contributed by atoms with Crippen LogP contribution in [-0.2, 0) is 9.59 Å². The molecule has 6 heteroatoms. The SMILES string of the molecule is CC(=O)SCC1CC(=O)N(c2ccc(C#N)c(C)n2)C1. The average Bonchev–Trinajstić information content (AvgIpc) is 2.77. The van der Waals surface area contributed by atoms with E-state index in [1.807, 2.05) is 0 Å². The molecule has 2 rings (SSSR count). The van der Waals surface area contributed by atoms with Crippen molar-refractivity contribution >= 4 is 28.6 Å². The molecule has 0 aromatic carbocycles. The Morgan fingerprint density at radius 2 is 2.35 bits per heavy atom. The van der Waals surface area contributed by atoms with Gasteiger partial charge >= 0.3 is 0 Å². The van der Waals surface area contributed by atoms with Gasteiger partial charge in [-0.1, -0.05) is 11.8 Å². The second-order valence-electron chi connectivity index (χ2n) is 4.79. The molecular weight excluding hydrogens is 274 g/mol. The van der Waals surface area contributed by atoms with Crippen LogP contribution in [0.2, 0.25) is 0 Å². The zero-order chi connectivity index (χ0) is 14.7. The topological polar surface area (TPSA) is 74.1 Å². The van der Waals surface area contributed by atoms with Crippen LogP contribution in [0.4, 0.5) is 5.82 Å². The molecule has 1 aliphatic rings. The number of hydrogen-bond donors (Lipinski definition) is 0. The molecule has 1 fully saturated rings. The number of aryl methyl sites for hydroxylation is 1. The van der Waals surface area contributed by atoms with Gasteiger partial charge in [0.2, 0.25) is 5.91 Å². The van der Waals surface area contributed by atoms with Gasteiger partial charge in [-0.25, -0.2) is 4.98 Å². The van der Waals surface area contributed by atoms with Gasteiger partial charge in [-0.2, -0.15) is 5.26 Å². The molecule has 1 aromatic heterocycles. The highest BCUT2D eigenvalue weighted by Crippen LogP contribution is 2.26. The maximum absolute atomic E-state index is 12.0. The number of aromatic nitrogens is 1. The molecule has 0 bridgehead atoms. The second kappa shape index (κ2) is 6.06. The van der Waals surface area contributed by atoms with Gasteiger partial charge in [-0.3, -0.25) is 14.5 Å². The minimum Gasteiger partial charge on any atom is -0.296 e. The van der Waals surface area contributed by atoms with Crippen LogP contribution in [0.5, 0.6) is 0 Å². The highest BCUT2D eigenvalue weighted by molar-refractivity contribution is 8.13. The number of carbonyl (C=O) groups excluding carboxylic acids is 2. The first kappa shape index (κ1) is 14.5. The molecule has 1 aromatic rings. The number of carbonyl (C=O) groups is 2. The van der Waals surface area contributed by atoms with Crippen molar-refractivity contribution in [1.82, 2.24) is 4.98 Å². The summed E-state index contributed by atoms with van der Waals surface area (Å²) in [4.78, 5) is 28.9. The lowest BCUT2D eigenvalue weighted by Gasteiger charge is -2.16. The van der Waals surface area contributed by atoms with Crippen LogP contribution < -0.4 is 4.90 Å². The Morgan fingerprint density at radius 1 is 1.60 bits per heavy atom. The molecule has 0 N–H and O–H groups in total. The molecule has 104 valence electrons. The molecule has 5 nitrogen and oxygen atoms in total. The Kier molecular flexibility index (Phi) is 4.40. The van der Waals surface area contributed by atoms with Crippen molar-refractivity contribution in [2.75, 3.05) is 17.2 Å². The van der Waals surface area contributed by atoms with Crippen molar-refractivity contribution in [3.63, 3.8) is 0 Å². The third kappa shape index (κ3) is 3.17. The maximum atomic E-state index is 12.0. The van der Waals surface area contributed by atoms with Gasteiger partial charge in [-0.05, 0) is 25.0 Å². The molecule has 2 heterocycles. The molecule has 20 heavy (non-hydrogen) atoms. The molecule has 1 unspecified atom stereocenters. The normalized spacial score (nSPS) is 18.1. The van der Waals surface area contributed by atoms with E-state index in [0.29, 0.717) is 35.8 Å². The highest BCUT2D eigenvalue weighted by atomic mass is 32.2. The van der Waals surface area contributed by atoms with Crippen molar-refractivity contribution < 1.29 is 9.59 Å². The van der Waals surface area contributed by atoms with Crippen molar-refractivity contribution in [3.05, 3.63) is 23.4 Å². The molecule has 0 spiro atoms. The second-order valence-corrected chi connectivity index (χ2v) is 5.99. The standard InChI is InChI=1S/C14H15N3O2S/c1-9-12(6-15)3-4-13(16-9)17-7-11(5-14(17)19)8-20-10(2)18/h3-4,11H,5,7-8H2,1-2H3. The summed E-state index contributed by atoms with van der Waals surface area (Å²) in [5.74, 6) is 1.44. The zero-order valence-corrected chi connectivity index (χ0v) is 12.2. The fourth-order valence-corrected chi connectivity index (χ4v) is 2.86. The first-order valence-corrected chi connectivity index (χ1v) is 7.31.